The summed E-state index contributed by atoms with van der Waals surface area (Å²) in [5, 5.41) is 3.40. The van der Waals surface area contributed by atoms with Crippen LogP contribution >= 0.6 is 0 Å². The third-order valence-electron chi connectivity index (χ3n) is 4.53. The number of nitrogens with one attached hydrogen (secondary N) is 1. The molecular formula is C20H24N2O2. The maximum atomic E-state index is 12.8. The molecule has 0 spiro atoms. The molecule has 2 aromatic carbocycles. The van der Waals surface area contributed by atoms with Crippen LogP contribution in [-0.2, 0) is 11.2 Å². The molecule has 126 valence electrons. The zero-order valence-electron chi connectivity index (χ0n) is 14.1. The summed E-state index contributed by atoms with van der Waals surface area (Å²) in [6.07, 6.45) is 1.34. The molecule has 1 amide bonds. The number of carbonyl (C=O) groups excluding carboxylic acids is 1. The maximum absolute atomic E-state index is 12.8. The molecule has 1 fully saturated rings. The summed E-state index contributed by atoms with van der Waals surface area (Å²) in [6, 6.07) is 18.3. The van der Waals surface area contributed by atoms with Crippen LogP contribution in [0, 0.1) is 0 Å². The van der Waals surface area contributed by atoms with Crippen LogP contribution in [0.1, 0.15) is 23.6 Å². The standard InChI is InChI=1S/C20H24N2O2/c1-24-18-10-8-17(9-11-18)19-15-21-13-14-22(19)20(23)12-7-16-5-3-2-4-6-16/h2-6,8-11,19,21H,7,12-15H2,1H3/t19-/m1/s1. The lowest BCUT2D eigenvalue weighted by molar-refractivity contribution is -0.134. The van der Waals surface area contributed by atoms with Crippen molar-refractivity contribution in [2.45, 2.75) is 18.9 Å². The van der Waals surface area contributed by atoms with Gasteiger partial charge in [0.2, 0.25) is 5.91 Å². The van der Waals surface area contributed by atoms with Crippen molar-refractivity contribution in [3.63, 3.8) is 0 Å². The van der Waals surface area contributed by atoms with Crippen LogP contribution in [0.5, 0.6) is 5.75 Å². The van der Waals surface area contributed by atoms with Crippen LogP contribution in [0.25, 0.3) is 0 Å². The van der Waals surface area contributed by atoms with Gasteiger partial charge in [0.15, 0.2) is 0 Å². The SMILES string of the molecule is COc1ccc([C@H]2CNCCN2C(=O)CCc2ccccc2)cc1. The van der Waals surface area contributed by atoms with Gasteiger partial charge >= 0.3 is 0 Å². The normalized spacial score (nSPS) is 17.5. The molecule has 0 aromatic heterocycles. The number of ether oxygens (including phenoxy) is 1. The first-order valence-electron chi connectivity index (χ1n) is 8.46. The Balaban J connectivity index is 1.67. The van der Waals surface area contributed by atoms with E-state index in [1.807, 2.05) is 47.4 Å². The van der Waals surface area contributed by atoms with Crippen molar-refractivity contribution in [1.82, 2.24) is 10.2 Å². The van der Waals surface area contributed by atoms with E-state index in [0.717, 1.165) is 37.4 Å². The highest BCUT2D eigenvalue weighted by atomic mass is 16.5. The average Bonchev–Trinajstić information content (AvgIpc) is 2.67. The van der Waals surface area contributed by atoms with Gasteiger partial charge in [0.25, 0.3) is 0 Å². The smallest absolute Gasteiger partial charge is 0.223 e. The Bertz CT molecular complexity index is 655. The molecule has 0 saturated carbocycles. The molecule has 1 aliphatic heterocycles. The summed E-state index contributed by atoms with van der Waals surface area (Å²) < 4.78 is 5.22. The zero-order valence-corrected chi connectivity index (χ0v) is 14.1. The first kappa shape index (κ1) is 16.5. The van der Waals surface area contributed by atoms with E-state index in [-0.39, 0.29) is 11.9 Å². The van der Waals surface area contributed by atoms with Gasteiger partial charge in [0.05, 0.1) is 13.2 Å². The third-order valence-corrected chi connectivity index (χ3v) is 4.53. The fourth-order valence-electron chi connectivity index (χ4n) is 3.17. The van der Waals surface area contributed by atoms with Crippen LogP contribution < -0.4 is 10.1 Å². The maximum Gasteiger partial charge on any atom is 0.223 e. The highest BCUT2D eigenvalue weighted by Crippen LogP contribution is 2.25. The summed E-state index contributed by atoms with van der Waals surface area (Å²) in [5.74, 6) is 1.06. The van der Waals surface area contributed by atoms with E-state index in [1.54, 1.807) is 7.11 Å². The van der Waals surface area contributed by atoms with Crippen LogP contribution in [0.3, 0.4) is 0 Å². The molecule has 2 aromatic rings. The molecular weight excluding hydrogens is 300 g/mol. The molecule has 1 aliphatic rings. The molecule has 3 rings (SSSR count). The Morgan fingerprint density at radius 3 is 2.62 bits per heavy atom. The fraction of sp³-hybridized carbons (Fsp3) is 0.350. The Morgan fingerprint density at radius 1 is 1.17 bits per heavy atom. The van der Waals surface area contributed by atoms with Gasteiger partial charge in [-0.3, -0.25) is 4.79 Å². The molecule has 0 unspecified atom stereocenters. The van der Waals surface area contributed by atoms with Crippen molar-refractivity contribution >= 4 is 5.91 Å². The van der Waals surface area contributed by atoms with E-state index >= 15 is 0 Å². The summed E-state index contributed by atoms with van der Waals surface area (Å²) in [7, 11) is 1.66. The van der Waals surface area contributed by atoms with Crippen LogP contribution in [-0.4, -0.2) is 37.6 Å². The van der Waals surface area contributed by atoms with Crippen molar-refractivity contribution < 1.29 is 9.53 Å². The largest absolute Gasteiger partial charge is 0.497 e. The predicted octanol–water partition coefficient (Wildman–Crippen LogP) is 2.80. The van der Waals surface area contributed by atoms with E-state index < -0.39 is 0 Å². The third kappa shape index (κ3) is 3.95. The molecule has 1 heterocycles. The quantitative estimate of drug-likeness (QED) is 0.919. The van der Waals surface area contributed by atoms with Crippen molar-refractivity contribution in [2.24, 2.45) is 0 Å². The number of hydrogen-bond donors (Lipinski definition) is 1. The number of benzene rings is 2. The number of carbonyl (C=O) groups is 1. The van der Waals surface area contributed by atoms with Gasteiger partial charge in [-0.15, -0.1) is 0 Å². The van der Waals surface area contributed by atoms with Crippen LogP contribution in [0.15, 0.2) is 54.6 Å². The minimum absolute atomic E-state index is 0.0907. The highest BCUT2D eigenvalue weighted by molar-refractivity contribution is 5.77. The number of methoxy groups -OCH3 is 1. The molecule has 1 atom stereocenters. The molecule has 4 nitrogen and oxygen atoms in total. The molecule has 4 heteroatoms. The second-order valence-corrected chi connectivity index (χ2v) is 6.07. The predicted molar refractivity (Wildman–Crippen MR) is 95.1 cm³/mol. The summed E-state index contributed by atoms with van der Waals surface area (Å²) in [6.45, 7) is 2.40. The number of amides is 1. The van der Waals surface area contributed by atoms with E-state index in [1.165, 1.54) is 5.56 Å². The van der Waals surface area contributed by atoms with Crippen LogP contribution in [0.2, 0.25) is 0 Å². The van der Waals surface area contributed by atoms with Crippen molar-refractivity contribution in [3.8, 4) is 5.75 Å². The van der Waals surface area contributed by atoms with E-state index in [2.05, 4.69) is 17.4 Å². The first-order chi connectivity index (χ1) is 11.8. The summed E-state index contributed by atoms with van der Waals surface area (Å²) in [5.41, 5.74) is 2.36. The minimum atomic E-state index is 0.0907. The van der Waals surface area contributed by atoms with Gasteiger partial charge in [0.1, 0.15) is 5.75 Å². The van der Waals surface area contributed by atoms with Crippen molar-refractivity contribution in [2.75, 3.05) is 26.7 Å². The lowest BCUT2D eigenvalue weighted by Crippen LogP contribution is -2.48. The summed E-state index contributed by atoms with van der Waals surface area (Å²) in [4.78, 5) is 14.8. The monoisotopic (exact) mass is 324 g/mol. The lowest BCUT2D eigenvalue weighted by atomic mass is 10.0. The Hall–Kier alpha value is -2.33. The van der Waals surface area contributed by atoms with E-state index in [9.17, 15) is 4.79 Å². The number of aryl methyl sites for hydroxylation is 1. The zero-order chi connectivity index (χ0) is 16.8. The topological polar surface area (TPSA) is 41.6 Å². The highest BCUT2D eigenvalue weighted by Gasteiger charge is 2.27. The minimum Gasteiger partial charge on any atom is -0.497 e. The van der Waals surface area contributed by atoms with Crippen LogP contribution in [0.4, 0.5) is 0 Å². The first-order valence-corrected chi connectivity index (χ1v) is 8.46. The van der Waals surface area contributed by atoms with Gasteiger partial charge in [0, 0.05) is 26.1 Å². The molecule has 0 aliphatic carbocycles. The Morgan fingerprint density at radius 2 is 1.92 bits per heavy atom. The number of piperazine rings is 1. The van der Waals surface area contributed by atoms with Gasteiger partial charge in [-0.1, -0.05) is 42.5 Å². The Labute approximate surface area is 143 Å². The van der Waals surface area contributed by atoms with Crippen molar-refractivity contribution in [1.29, 1.82) is 0 Å². The Kier molecular flexibility index (Phi) is 5.49. The van der Waals surface area contributed by atoms with Gasteiger partial charge in [-0.05, 0) is 29.7 Å². The van der Waals surface area contributed by atoms with E-state index in [4.69, 9.17) is 4.74 Å². The van der Waals surface area contributed by atoms with Gasteiger partial charge < -0.3 is 15.0 Å². The number of nitrogens with zero attached hydrogens (tertiary/aromatic N) is 1. The number of rotatable bonds is 5. The average molecular weight is 324 g/mol. The van der Waals surface area contributed by atoms with Gasteiger partial charge in [-0.25, -0.2) is 0 Å². The molecule has 0 radical (unpaired) electrons. The second kappa shape index (κ2) is 7.97. The van der Waals surface area contributed by atoms with Gasteiger partial charge in [-0.2, -0.15) is 0 Å². The molecule has 24 heavy (non-hydrogen) atoms. The fourth-order valence-corrected chi connectivity index (χ4v) is 3.17. The molecule has 1 N–H and O–H groups in total. The molecule has 0 bridgehead atoms. The summed E-state index contributed by atoms with van der Waals surface area (Å²) >= 11 is 0. The second-order valence-electron chi connectivity index (χ2n) is 6.07. The molecule has 1 saturated heterocycles. The van der Waals surface area contributed by atoms with E-state index in [0.29, 0.717) is 6.42 Å². The lowest BCUT2D eigenvalue weighted by Gasteiger charge is -2.36. The number of hydrogen-bond acceptors (Lipinski definition) is 3. The van der Waals surface area contributed by atoms with Crippen molar-refractivity contribution in [3.05, 3.63) is 65.7 Å².